The van der Waals surface area contributed by atoms with Gasteiger partial charge in [0, 0.05) is 6.61 Å². The fourth-order valence-electron chi connectivity index (χ4n) is 13.8. The van der Waals surface area contributed by atoms with Crippen LogP contribution in [0.1, 0.15) is 105 Å². The van der Waals surface area contributed by atoms with Crippen LogP contribution in [0.15, 0.2) is 11.6 Å². The third-order valence-corrected chi connectivity index (χ3v) is 17.3. The molecular formula is C45H74O15. The second-order valence-corrected chi connectivity index (χ2v) is 20.6. The highest BCUT2D eigenvalue weighted by atomic mass is 16.7. The van der Waals surface area contributed by atoms with Crippen LogP contribution in [0.5, 0.6) is 0 Å². The summed E-state index contributed by atoms with van der Waals surface area (Å²) in [6.07, 6.45) is -4.47. The molecule has 24 atom stereocenters. The molecular weight excluding hydrogens is 780 g/mol. The molecule has 0 spiro atoms. The molecule has 0 amide bonds. The monoisotopic (exact) mass is 855 g/mol. The summed E-state index contributed by atoms with van der Waals surface area (Å²) in [4.78, 5) is 0. The maximum absolute atomic E-state index is 11.3. The molecule has 344 valence electrons. The average Bonchev–Trinajstić information content (AvgIpc) is 3.60. The number of hydrogen-bond acceptors (Lipinski definition) is 15. The molecule has 60 heavy (non-hydrogen) atoms. The Morgan fingerprint density at radius 2 is 1.48 bits per heavy atom. The lowest BCUT2D eigenvalue weighted by Gasteiger charge is -2.60. The van der Waals surface area contributed by atoms with Crippen molar-refractivity contribution in [2.45, 2.75) is 203 Å². The van der Waals surface area contributed by atoms with E-state index in [1.807, 2.05) is 0 Å². The first kappa shape index (κ1) is 45.7. The lowest BCUT2D eigenvalue weighted by Crippen LogP contribution is -2.64. The first-order chi connectivity index (χ1) is 28.6. The quantitative estimate of drug-likeness (QED) is 0.141. The van der Waals surface area contributed by atoms with Crippen LogP contribution in [0, 0.1) is 46.3 Å². The minimum atomic E-state index is -1.65. The van der Waals surface area contributed by atoms with E-state index in [2.05, 4.69) is 26.8 Å². The van der Waals surface area contributed by atoms with Crippen LogP contribution in [0.3, 0.4) is 0 Å². The van der Waals surface area contributed by atoms with E-state index in [-0.39, 0.29) is 23.5 Å². The summed E-state index contributed by atoms with van der Waals surface area (Å²) in [5.41, 5.74) is 1.31. The number of aliphatic hydroxyl groups is 9. The summed E-state index contributed by atoms with van der Waals surface area (Å²) in [5.74, 6) is 3.23. The Hall–Kier alpha value is -0.860. The minimum absolute atomic E-state index is 0.0288. The second kappa shape index (κ2) is 18.2. The molecule has 9 N–H and O–H groups in total. The fraction of sp³-hybridized carbons (Fsp3) is 0.956. The van der Waals surface area contributed by atoms with E-state index < -0.39 is 92.4 Å². The molecule has 0 bridgehead atoms. The Kier molecular flexibility index (Phi) is 13.9. The largest absolute Gasteiger partial charge is 0.394 e. The molecule has 8 rings (SSSR count). The normalized spacial score (nSPS) is 54.0. The number of aliphatic hydroxyl groups excluding tert-OH is 9. The lowest BCUT2D eigenvalue weighted by atomic mass is 9.45. The Morgan fingerprint density at radius 3 is 2.22 bits per heavy atom. The van der Waals surface area contributed by atoms with E-state index in [0.29, 0.717) is 60.9 Å². The van der Waals surface area contributed by atoms with Gasteiger partial charge in [-0.2, -0.15) is 0 Å². The topological polar surface area (TPSA) is 237 Å². The van der Waals surface area contributed by atoms with Crippen LogP contribution in [0.25, 0.3) is 0 Å². The third-order valence-electron chi connectivity index (χ3n) is 17.3. The summed E-state index contributed by atoms with van der Waals surface area (Å²) in [6, 6.07) is 0. The van der Waals surface area contributed by atoms with Gasteiger partial charge in [0.15, 0.2) is 12.6 Å². The van der Waals surface area contributed by atoms with Gasteiger partial charge in [0.05, 0.1) is 37.6 Å². The van der Waals surface area contributed by atoms with Gasteiger partial charge in [-0.05, 0) is 130 Å². The van der Waals surface area contributed by atoms with Crippen molar-refractivity contribution < 1.29 is 74.4 Å². The van der Waals surface area contributed by atoms with Crippen LogP contribution in [0.4, 0.5) is 0 Å². The number of fused-ring (bicyclic) bond motifs is 5. The second-order valence-electron chi connectivity index (χ2n) is 20.6. The summed E-state index contributed by atoms with van der Waals surface area (Å²) in [5, 5.41) is 95.6. The molecule has 4 heterocycles. The van der Waals surface area contributed by atoms with E-state index in [1.165, 1.54) is 31.8 Å². The number of ether oxygens (including phenoxy) is 6. The molecule has 7 fully saturated rings. The van der Waals surface area contributed by atoms with Crippen molar-refractivity contribution in [1.82, 2.24) is 0 Å². The van der Waals surface area contributed by atoms with Gasteiger partial charge in [-0.1, -0.05) is 32.4 Å². The van der Waals surface area contributed by atoms with Gasteiger partial charge in [-0.3, -0.25) is 0 Å². The predicted molar refractivity (Wildman–Crippen MR) is 214 cm³/mol. The minimum Gasteiger partial charge on any atom is -0.394 e. The molecule has 4 aliphatic carbocycles. The molecule has 15 nitrogen and oxygen atoms in total. The highest BCUT2D eigenvalue weighted by Gasteiger charge is 2.61. The Morgan fingerprint density at radius 1 is 0.733 bits per heavy atom. The van der Waals surface area contributed by atoms with Crippen molar-refractivity contribution in [2.75, 3.05) is 19.8 Å². The Balaban J connectivity index is 0.983. The van der Waals surface area contributed by atoms with E-state index in [9.17, 15) is 46.0 Å². The summed E-state index contributed by atoms with van der Waals surface area (Å²) >= 11 is 0. The summed E-state index contributed by atoms with van der Waals surface area (Å²) in [6.45, 7) is 8.99. The van der Waals surface area contributed by atoms with Crippen molar-refractivity contribution >= 4 is 0 Å². The molecule has 8 aliphatic rings. The SMILES string of the molecule is CC1CCC(C(C)C2CCC3C4CC=C5CC(OC6OC(CO)C(OC7OC(C)C(O)C(O)C7O)C(O)C6O)CCC5(CCC5OCC(O)C(O)C5O)C4CCC23C)OC1. The van der Waals surface area contributed by atoms with Gasteiger partial charge in [0.2, 0.25) is 0 Å². The molecule has 0 aromatic carbocycles. The highest BCUT2D eigenvalue weighted by Crippen LogP contribution is 2.68. The number of rotatable bonds is 10. The number of hydrogen-bond donors (Lipinski definition) is 9. The molecule has 0 radical (unpaired) electrons. The smallest absolute Gasteiger partial charge is 0.187 e. The fourth-order valence-corrected chi connectivity index (χ4v) is 13.8. The van der Waals surface area contributed by atoms with Gasteiger partial charge >= 0.3 is 0 Å². The van der Waals surface area contributed by atoms with Crippen molar-refractivity contribution in [1.29, 1.82) is 0 Å². The molecule has 15 heteroatoms. The zero-order valence-electron chi connectivity index (χ0n) is 35.9. The summed E-state index contributed by atoms with van der Waals surface area (Å²) in [7, 11) is 0. The van der Waals surface area contributed by atoms with Crippen LogP contribution in [-0.2, 0) is 28.4 Å². The van der Waals surface area contributed by atoms with Crippen LogP contribution < -0.4 is 0 Å². The van der Waals surface area contributed by atoms with Crippen LogP contribution in [0.2, 0.25) is 0 Å². The van der Waals surface area contributed by atoms with Gasteiger partial charge in [-0.15, -0.1) is 0 Å². The van der Waals surface area contributed by atoms with Crippen molar-refractivity contribution in [3.05, 3.63) is 11.6 Å². The standard InChI is InChI=1S/C45H74O15/c1-21-5-10-31(55-19-21)22(2)27-8-9-28-26-7-6-24-17-25(11-15-45(24,29(26)12-14-44(27,28)4)16-13-32-36(50)35(49)30(47)20-56-32)58-43-40(54)38(52)41(33(18-46)59-43)60-42-39(53)37(51)34(48)23(3)57-42/h6,21-23,25-43,46-54H,5,7-20H2,1-4H3. The molecule has 3 saturated carbocycles. The van der Waals surface area contributed by atoms with E-state index in [4.69, 9.17) is 28.4 Å². The maximum Gasteiger partial charge on any atom is 0.187 e. The Labute approximate surface area is 354 Å². The van der Waals surface area contributed by atoms with E-state index >= 15 is 0 Å². The van der Waals surface area contributed by atoms with E-state index in [1.54, 1.807) is 0 Å². The molecule has 0 aromatic heterocycles. The van der Waals surface area contributed by atoms with Crippen LogP contribution in [-0.4, -0.2) is 164 Å². The molecule has 0 aromatic rings. The van der Waals surface area contributed by atoms with Gasteiger partial charge in [-0.25, -0.2) is 0 Å². The first-order valence-corrected chi connectivity index (χ1v) is 23.2. The maximum atomic E-state index is 11.3. The van der Waals surface area contributed by atoms with Crippen molar-refractivity contribution in [2.24, 2.45) is 46.3 Å². The molecule has 4 saturated heterocycles. The van der Waals surface area contributed by atoms with Crippen molar-refractivity contribution in [3.63, 3.8) is 0 Å². The third kappa shape index (κ3) is 8.21. The average molecular weight is 855 g/mol. The molecule has 4 aliphatic heterocycles. The van der Waals surface area contributed by atoms with E-state index in [0.717, 1.165) is 45.1 Å². The zero-order valence-corrected chi connectivity index (χ0v) is 35.9. The lowest BCUT2D eigenvalue weighted by molar-refractivity contribution is -0.360. The number of allylic oxidation sites excluding steroid dienone is 1. The Bertz CT molecular complexity index is 1480. The molecule has 24 unspecified atom stereocenters. The first-order valence-electron chi connectivity index (χ1n) is 23.2. The summed E-state index contributed by atoms with van der Waals surface area (Å²) < 4.78 is 36.3. The van der Waals surface area contributed by atoms with Crippen LogP contribution >= 0.6 is 0 Å². The van der Waals surface area contributed by atoms with Gasteiger partial charge in [0.25, 0.3) is 0 Å². The van der Waals surface area contributed by atoms with Gasteiger partial charge < -0.3 is 74.4 Å². The highest BCUT2D eigenvalue weighted by molar-refractivity contribution is 5.27. The van der Waals surface area contributed by atoms with Gasteiger partial charge in [0.1, 0.15) is 61.0 Å². The van der Waals surface area contributed by atoms with Crippen molar-refractivity contribution in [3.8, 4) is 0 Å². The zero-order chi connectivity index (χ0) is 42.8. The predicted octanol–water partition coefficient (Wildman–Crippen LogP) is 1.30.